The Hall–Kier alpha value is -1.44. The number of rotatable bonds is 5. The molecule has 0 saturated heterocycles. The molecule has 76 valence electrons. The molecule has 1 rings (SSSR count). The van der Waals surface area contributed by atoms with Crippen molar-refractivity contribution >= 4 is 0 Å². The van der Waals surface area contributed by atoms with Gasteiger partial charge in [-0.15, -0.1) is 0 Å². The molecule has 14 heavy (non-hydrogen) atoms. The fourth-order valence-electron chi connectivity index (χ4n) is 1.01. The average Bonchev–Trinajstić information content (AvgIpc) is 2.26. The van der Waals surface area contributed by atoms with E-state index in [2.05, 4.69) is 6.58 Å². The van der Waals surface area contributed by atoms with Crippen molar-refractivity contribution in [2.24, 2.45) is 0 Å². The molecule has 0 N–H and O–H groups in total. The Morgan fingerprint density at radius 3 is 2.43 bits per heavy atom. The van der Waals surface area contributed by atoms with Crippen LogP contribution in [0.1, 0.15) is 18.9 Å². The number of allylic oxidation sites excluding steroid dienone is 1. The van der Waals surface area contributed by atoms with Gasteiger partial charge in [-0.05, 0) is 17.7 Å². The van der Waals surface area contributed by atoms with Crippen LogP contribution in [0.3, 0.4) is 0 Å². The number of methoxy groups -OCH3 is 1. The Kier molecular flexibility index (Phi) is 4.05. The Labute approximate surface area is 85.2 Å². The summed E-state index contributed by atoms with van der Waals surface area (Å²) in [7, 11) is 1.66. The van der Waals surface area contributed by atoms with Crippen LogP contribution in [0.2, 0.25) is 0 Å². The summed E-state index contributed by atoms with van der Waals surface area (Å²) >= 11 is 0. The van der Waals surface area contributed by atoms with Gasteiger partial charge < -0.3 is 9.47 Å². The lowest BCUT2D eigenvalue weighted by Gasteiger charge is -2.07. The van der Waals surface area contributed by atoms with Gasteiger partial charge in [-0.3, -0.25) is 0 Å². The molecule has 0 aliphatic carbocycles. The minimum absolute atomic E-state index is 0.580. The lowest BCUT2D eigenvalue weighted by molar-refractivity contribution is 0.193. The maximum Gasteiger partial charge on any atom is 0.118 e. The molecule has 0 unspecified atom stereocenters. The first-order valence-corrected chi connectivity index (χ1v) is 4.69. The predicted molar refractivity (Wildman–Crippen MR) is 57.2 cm³/mol. The molecule has 0 bridgehead atoms. The van der Waals surface area contributed by atoms with Crippen molar-refractivity contribution in [3.8, 4) is 5.75 Å². The Balaban J connectivity index is 2.47. The zero-order valence-corrected chi connectivity index (χ0v) is 8.75. The van der Waals surface area contributed by atoms with E-state index < -0.39 is 0 Å². The number of benzene rings is 1. The number of ether oxygens (including phenoxy) is 2. The average molecular weight is 192 g/mol. The van der Waals surface area contributed by atoms with Crippen molar-refractivity contribution in [2.75, 3.05) is 7.11 Å². The second kappa shape index (κ2) is 5.32. The molecule has 1 aromatic rings. The van der Waals surface area contributed by atoms with Gasteiger partial charge in [0.15, 0.2) is 0 Å². The van der Waals surface area contributed by atoms with Crippen LogP contribution in [0.4, 0.5) is 0 Å². The van der Waals surface area contributed by atoms with Crippen molar-refractivity contribution in [2.45, 2.75) is 20.0 Å². The van der Waals surface area contributed by atoms with Gasteiger partial charge >= 0.3 is 0 Å². The van der Waals surface area contributed by atoms with Gasteiger partial charge in [0, 0.05) is 6.42 Å². The molecule has 0 heterocycles. The van der Waals surface area contributed by atoms with Crippen LogP contribution >= 0.6 is 0 Å². The van der Waals surface area contributed by atoms with Crippen molar-refractivity contribution in [1.29, 1.82) is 0 Å². The maximum atomic E-state index is 5.42. The first-order chi connectivity index (χ1) is 6.76. The van der Waals surface area contributed by atoms with E-state index in [1.807, 2.05) is 31.2 Å². The third-order valence-corrected chi connectivity index (χ3v) is 2.00. The number of hydrogen-bond acceptors (Lipinski definition) is 2. The van der Waals surface area contributed by atoms with Gasteiger partial charge in [0.2, 0.25) is 0 Å². The van der Waals surface area contributed by atoms with Gasteiger partial charge in [-0.1, -0.05) is 25.6 Å². The van der Waals surface area contributed by atoms with Crippen molar-refractivity contribution < 1.29 is 9.47 Å². The Bertz CT molecular complexity index is 288. The topological polar surface area (TPSA) is 18.5 Å². The summed E-state index contributed by atoms with van der Waals surface area (Å²) in [6, 6.07) is 7.82. The highest BCUT2D eigenvalue weighted by atomic mass is 16.5. The number of hydrogen-bond donors (Lipinski definition) is 0. The van der Waals surface area contributed by atoms with E-state index in [-0.39, 0.29) is 0 Å². The Morgan fingerprint density at radius 1 is 1.29 bits per heavy atom. The normalized spacial score (nSPS) is 9.57. The lowest BCUT2D eigenvalue weighted by Crippen LogP contribution is -1.91. The molecular formula is C12H16O2. The largest absolute Gasteiger partial charge is 0.497 e. The summed E-state index contributed by atoms with van der Waals surface area (Å²) in [4.78, 5) is 0. The molecule has 0 radical (unpaired) electrons. The lowest BCUT2D eigenvalue weighted by atomic mass is 10.2. The van der Waals surface area contributed by atoms with Gasteiger partial charge in [-0.25, -0.2) is 0 Å². The third-order valence-electron chi connectivity index (χ3n) is 2.00. The van der Waals surface area contributed by atoms with E-state index in [1.165, 1.54) is 0 Å². The molecule has 2 nitrogen and oxygen atoms in total. The predicted octanol–water partition coefficient (Wildman–Crippen LogP) is 3.14. The molecule has 1 aromatic carbocycles. The van der Waals surface area contributed by atoms with E-state index >= 15 is 0 Å². The second-order valence-electron chi connectivity index (χ2n) is 3.03. The zero-order valence-electron chi connectivity index (χ0n) is 8.75. The van der Waals surface area contributed by atoms with Crippen molar-refractivity contribution in [3.05, 3.63) is 42.2 Å². The Morgan fingerprint density at radius 2 is 1.93 bits per heavy atom. The third kappa shape index (κ3) is 3.13. The van der Waals surface area contributed by atoms with Crippen molar-refractivity contribution in [3.63, 3.8) is 0 Å². The van der Waals surface area contributed by atoms with E-state index in [9.17, 15) is 0 Å². The summed E-state index contributed by atoms with van der Waals surface area (Å²) in [6.07, 6.45) is 0.857. The minimum atomic E-state index is 0.580. The van der Waals surface area contributed by atoms with Crippen LogP contribution < -0.4 is 4.74 Å². The second-order valence-corrected chi connectivity index (χ2v) is 3.03. The quantitative estimate of drug-likeness (QED) is 0.667. The van der Waals surface area contributed by atoms with Crippen LogP contribution in [0, 0.1) is 0 Å². The summed E-state index contributed by atoms with van der Waals surface area (Å²) < 4.78 is 10.5. The summed E-state index contributed by atoms with van der Waals surface area (Å²) in [6.45, 7) is 6.38. The fraction of sp³-hybridized carbons (Fsp3) is 0.333. The molecule has 0 fully saturated rings. The van der Waals surface area contributed by atoms with E-state index in [1.54, 1.807) is 7.11 Å². The summed E-state index contributed by atoms with van der Waals surface area (Å²) in [5.41, 5.74) is 1.13. The molecule has 0 amide bonds. The van der Waals surface area contributed by atoms with E-state index in [0.29, 0.717) is 6.61 Å². The van der Waals surface area contributed by atoms with E-state index in [4.69, 9.17) is 9.47 Å². The molecular weight excluding hydrogens is 176 g/mol. The van der Waals surface area contributed by atoms with Crippen LogP contribution in [0.5, 0.6) is 5.75 Å². The zero-order chi connectivity index (χ0) is 10.4. The highest BCUT2D eigenvalue weighted by Gasteiger charge is 1.95. The highest BCUT2D eigenvalue weighted by Crippen LogP contribution is 2.13. The van der Waals surface area contributed by atoms with Crippen LogP contribution in [-0.4, -0.2) is 7.11 Å². The first-order valence-electron chi connectivity index (χ1n) is 4.69. The monoisotopic (exact) mass is 192 g/mol. The molecule has 2 heteroatoms. The summed E-state index contributed by atoms with van der Waals surface area (Å²) in [5, 5.41) is 0. The maximum absolute atomic E-state index is 5.42. The molecule has 0 atom stereocenters. The van der Waals surface area contributed by atoms with E-state index in [0.717, 1.165) is 23.5 Å². The molecule has 0 spiro atoms. The SMILES string of the molecule is C=C(CC)OCc1ccc(OC)cc1. The first kappa shape index (κ1) is 10.6. The molecule has 0 aliphatic heterocycles. The smallest absolute Gasteiger partial charge is 0.118 e. The van der Waals surface area contributed by atoms with Gasteiger partial charge in [-0.2, -0.15) is 0 Å². The van der Waals surface area contributed by atoms with Crippen LogP contribution in [0.15, 0.2) is 36.6 Å². The fourth-order valence-corrected chi connectivity index (χ4v) is 1.01. The molecule has 0 aromatic heterocycles. The summed E-state index contributed by atoms with van der Waals surface area (Å²) in [5.74, 6) is 1.68. The van der Waals surface area contributed by atoms with Gasteiger partial charge in [0.05, 0.1) is 12.9 Å². The van der Waals surface area contributed by atoms with Gasteiger partial charge in [0.1, 0.15) is 12.4 Å². The molecule has 0 saturated carbocycles. The van der Waals surface area contributed by atoms with Gasteiger partial charge in [0.25, 0.3) is 0 Å². The minimum Gasteiger partial charge on any atom is -0.497 e. The van der Waals surface area contributed by atoms with Crippen LogP contribution in [0.25, 0.3) is 0 Å². The van der Waals surface area contributed by atoms with Crippen molar-refractivity contribution in [1.82, 2.24) is 0 Å². The standard InChI is InChI=1S/C12H16O2/c1-4-10(2)14-9-11-5-7-12(13-3)8-6-11/h5-8H,2,4,9H2,1,3H3. The van der Waals surface area contributed by atoms with Crippen LogP contribution in [-0.2, 0) is 11.3 Å². The molecule has 0 aliphatic rings. The highest BCUT2D eigenvalue weighted by molar-refractivity contribution is 5.26.